The topological polar surface area (TPSA) is 74.1 Å². The summed E-state index contributed by atoms with van der Waals surface area (Å²) in [7, 11) is 3.27. The molecule has 8 heteroatoms. The van der Waals surface area contributed by atoms with Gasteiger partial charge in [0.15, 0.2) is 17.3 Å². The van der Waals surface area contributed by atoms with Gasteiger partial charge in [0, 0.05) is 16.8 Å². The van der Waals surface area contributed by atoms with Crippen LogP contribution >= 0.6 is 11.6 Å². The number of hydrogen-bond donors (Lipinski definition) is 1. The molecule has 1 fully saturated rings. The summed E-state index contributed by atoms with van der Waals surface area (Å²) in [5.41, 5.74) is 1.43. The van der Waals surface area contributed by atoms with Gasteiger partial charge in [-0.05, 0) is 78.4 Å². The maximum absolute atomic E-state index is 6.07. The number of aromatic nitrogens is 4. The van der Waals surface area contributed by atoms with Crippen LogP contribution < -0.4 is 14.8 Å². The third-order valence-corrected chi connectivity index (χ3v) is 6.12. The fourth-order valence-electron chi connectivity index (χ4n) is 4.09. The quantitative estimate of drug-likeness (QED) is 0.606. The number of hydrogen-bond acceptors (Lipinski definition) is 6. The molecule has 1 heterocycles. The van der Waals surface area contributed by atoms with Crippen LogP contribution in [0.15, 0.2) is 42.5 Å². The molecule has 2 aromatic carbocycles. The number of tetrazole rings is 1. The molecule has 0 aliphatic heterocycles. The molecule has 0 radical (unpaired) electrons. The molecule has 1 N–H and O–H groups in total. The van der Waals surface area contributed by atoms with Crippen molar-refractivity contribution in [1.29, 1.82) is 0 Å². The van der Waals surface area contributed by atoms with E-state index in [1.54, 1.807) is 18.9 Å². The average Bonchev–Trinajstić information content (AvgIpc) is 3.26. The van der Waals surface area contributed by atoms with E-state index in [1.807, 2.05) is 42.5 Å². The molecule has 1 aromatic heterocycles. The number of methoxy groups -OCH3 is 2. The standard InChI is InChI=1S/C22H26ClN5O2/c1-15-10-12-22(13-11-15,24-17-6-9-19(29-2)20(14-17)30-3)21-25-26-27-28(21)18-7-4-16(23)5-8-18/h4-9,14-15,24H,10-13H2,1-3H3. The van der Waals surface area contributed by atoms with Gasteiger partial charge in [0.1, 0.15) is 0 Å². The van der Waals surface area contributed by atoms with Gasteiger partial charge in [-0.3, -0.25) is 0 Å². The van der Waals surface area contributed by atoms with E-state index in [-0.39, 0.29) is 0 Å². The summed E-state index contributed by atoms with van der Waals surface area (Å²) < 4.78 is 12.7. The van der Waals surface area contributed by atoms with Crippen LogP contribution in [0.25, 0.3) is 5.69 Å². The van der Waals surface area contributed by atoms with Crippen molar-refractivity contribution in [2.24, 2.45) is 5.92 Å². The van der Waals surface area contributed by atoms with Crippen LogP contribution in [-0.2, 0) is 5.54 Å². The van der Waals surface area contributed by atoms with E-state index >= 15 is 0 Å². The zero-order valence-corrected chi connectivity index (χ0v) is 18.2. The predicted molar refractivity (Wildman–Crippen MR) is 117 cm³/mol. The van der Waals surface area contributed by atoms with Gasteiger partial charge in [-0.15, -0.1) is 5.10 Å². The summed E-state index contributed by atoms with van der Waals surface area (Å²) in [6.07, 6.45) is 4.04. The highest BCUT2D eigenvalue weighted by atomic mass is 35.5. The Morgan fingerprint density at radius 2 is 1.73 bits per heavy atom. The minimum Gasteiger partial charge on any atom is -0.493 e. The van der Waals surface area contributed by atoms with Crippen LogP contribution in [0.2, 0.25) is 5.02 Å². The van der Waals surface area contributed by atoms with Crippen LogP contribution in [0.4, 0.5) is 5.69 Å². The Kier molecular flexibility index (Phi) is 5.81. The summed E-state index contributed by atoms with van der Waals surface area (Å²) in [6, 6.07) is 13.4. The third-order valence-electron chi connectivity index (χ3n) is 5.86. The van der Waals surface area contributed by atoms with Crippen molar-refractivity contribution in [2.75, 3.05) is 19.5 Å². The van der Waals surface area contributed by atoms with Crippen LogP contribution in [0.3, 0.4) is 0 Å². The molecule has 1 aliphatic rings. The number of nitrogens with one attached hydrogen (secondary N) is 1. The van der Waals surface area contributed by atoms with Gasteiger partial charge in [-0.2, -0.15) is 4.68 Å². The molecule has 0 amide bonds. The molecule has 1 saturated carbocycles. The van der Waals surface area contributed by atoms with E-state index in [1.165, 1.54) is 0 Å². The van der Waals surface area contributed by atoms with Crippen LogP contribution in [0, 0.1) is 5.92 Å². The summed E-state index contributed by atoms with van der Waals surface area (Å²) in [5, 5.41) is 17.2. The normalized spacial score (nSPS) is 21.3. The third kappa shape index (κ3) is 3.94. The molecule has 0 bridgehead atoms. The maximum Gasteiger partial charge on any atom is 0.181 e. The highest BCUT2D eigenvalue weighted by Crippen LogP contribution is 2.42. The Morgan fingerprint density at radius 3 is 2.40 bits per heavy atom. The highest BCUT2D eigenvalue weighted by Gasteiger charge is 2.41. The number of rotatable bonds is 6. The molecule has 0 atom stereocenters. The molecule has 0 spiro atoms. The molecule has 3 aromatic rings. The fourth-order valence-corrected chi connectivity index (χ4v) is 4.22. The SMILES string of the molecule is COc1ccc(NC2(c3nnnn3-c3ccc(Cl)cc3)CCC(C)CC2)cc1OC. The van der Waals surface area contributed by atoms with E-state index < -0.39 is 5.54 Å². The van der Waals surface area contributed by atoms with Crippen molar-refractivity contribution in [2.45, 2.75) is 38.1 Å². The van der Waals surface area contributed by atoms with Crippen LogP contribution in [0.1, 0.15) is 38.4 Å². The van der Waals surface area contributed by atoms with Crippen LogP contribution in [0.5, 0.6) is 11.5 Å². The van der Waals surface area contributed by atoms with E-state index in [0.717, 1.165) is 42.9 Å². The smallest absolute Gasteiger partial charge is 0.181 e. The molecule has 4 rings (SSSR count). The second-order valence-electron chi connectivity index (χ2n) is 7.85. The molecule has 7 nitrogen and oxygen atoms in total. The Balaban J connectivity index is 1.75. The minimum atomic E-state index is -0.394. The first-order chi connectivity index (χ1) is 14.5. The lowest BCUT2D eigenvalue weighted by Gasteiger charge is -2.39. The number of ether oxygens (including phenoxy) is 2. The first-order valence-corrected chi connectivity index (χ1v) is 10.5. The summed E-state index contributed by atoms with van der Waals surface area (Å²) in [6.45, 7) is 2.29. The van der Waals surface area contributed by atoms with Gasteiger partial charge in [0.2, 0.25) is 0 Å². The predicted octanol–water partition coefficient (Wildman–Crippen LogP) is 4.85. The van der Waals surface area contributed by atoms with Gasteiger partial charge in [-0.1, -0.05) is 18.5 Å². The largest absolute Gasteiger partial charge is 0.493 e. The molecule has 0 unspecified atom stereocenters. The van der Waals surface area contributed by atoms with Gasteiger partial charge in [0.05, 0.1) is 25.4 Å². The number of benzene rings is 2. The van der Waals surface area contributed by atoms with Crippen molar-refractivity contribution in [3.05, 3.63) is 53.3 Å². The Hall–Kier alpha value is -2.80. The molecular weight excluding hydrogens is 402 g/mol. The highest BCUT2D eigenvalue weighted by molar-refractivity contribution is 6.30. The van der Waals surface area contributed by atoms with Gasteiger partial charge in [-0.25, -0.2) is 0 Å². The molecular formula is C22H26ClN5O2. The van der Waals surface area contributed by atoms with Crippen molar-refractivity contribution < 1.29 is 9.47 Å². The summed E-state index contributed by atoms with van der Waals surface area (Å²) >= 11 is 6.07. The Morgan fingerprint density at radius 1 is 1.03 bits per heavy atom. The van der Waals surface area contributed by atoms with Gasteiger partial charge >= 0.3 is 0 Å². The lowest BCUT2D eigenvalue weighted by atomic mass is 9.76. The minimum absolute atomic E-state index is 0.394. The summed E-state index contributed by atoms with van der Waals surface area (Å²) in [5.74, 6) is 2.84. The van der Waals surface area contributed by atoms with Crippen molar-refractivity contribution in [3.63, 3.8) is 0 Å². The Bertz CT molecular complexity index is 997. The fraction of sp³-hybridized carbons (Fsp3) is 0.409. The molecule has 0 saturated heterocycles. The van der Waals surface area contributed by atoms with Gasteiger partial charge in [0.25, 0.3) is 0 Å². The number of nitrogens with zero attached hydrogens (tertiary/aromatic N) is 4. The second kappa shape index (κ2) is 8.52. The first kappa shape index (κ1) is 20.5. The summed E-state index contributed by atoms with van der Waals surface area (Å²) in [4.78, 5) is 0. The Labute approximate surface area is 181 Å². The van der Waals surface area contributed by atoms with E-state index in [4.69, 9.17) is 21.1 Å². The van der Waals surface area contributed by atoms with Crippen LogP contribution in [-0.4, -0.2) is 34.4 Å². The molecule has 30 heavy (non-hydrogen) atoms. The lowest BCUT2D eigenvalue weighted by Crippen LogP contribution is -2.41. The molecule has 1 aliphatic carbocycles. The zero-order valence-electron chi connectivity index (χ0n) is 17.4. The second-order valence-corrected chi connectivity index (χ2v) is 8.29. The van der Waals surface area contributed by atoms with Crippen molar-refractivity contribution >= 4 is 17.3 Å². The number of halogens is 1. The van der Waals surface area contributed by atoms with Crippen molar-refractivity contribution in [1.82, 2.24) is 20.2 Å². The zero-order chi connectivity index (χ0) is 21.1. The van der Waals surface area contributed by atoms with E-state index in [0.29, 0.717) is 22.4 Å². The first-order valence-electron chi connectivity index (χ1n) is 10.1. The van der Waals surface area contributed by atoms with E-state index in [9.17, 15) is 0 Å². The van der Waals surface area contributed by atoms with Gasteiger partial charge < -0.3 is 14.8 Å². The monoisotopic (exact) mass is 427 g/mol. The van der Waals surface area contributed by atoms with E-state index in [2.05, 4.69) is 27.8 Å². The van der Waals surface area contributed by atoms with Crippen molar-refractivity contribution in [3.8, 4) is 17.2 Å². The number of anilines is 1. The lowest BCUT2D eigenvalue weighted by molar-refractivity contribution is 0.255. The maximum atomic E-state index is 6.07. The molecule has 158 valence electrons. The average molecular weight is 428 g/mol.